The third-order valence-corrected chi connectivity index (χ3v) is 3.62. The number of benzene rings is 1. The van der Waals surface area contributed by atoms with Crippen molar-refractivity contribution >= 4 is 33.9 Å². The summed E-state index contributed by atoms with van der Waals surface area (Å²) in [4.78, 5) is 14.8. The van der Waals surface area contributed by atoms with E-state index in [9.17, 15) is 4.79 Å². The van der Waals surface area contributed by atoms with Crippen LogP contribution in [0.1, 0.15) is 16.1 Å². The monoisotopic (exact) mass is 268 g/mol. The van der Waals surface area contributed by atoms with Gasteiger partial charge in [0.15, 0.2) is 5.69 Å². The van der Waals surface area contributed by atoms with Crippen molar-refractivity contribution in [3.8, 4) is 10.6 Å². The van der Waals surface area contributed by atoms with Crippen LogP contribution in [0, 0.1) is 6.92 Å². The molecule has 0 fully saturated rings. The Morgan fingerprint density at radius 2 is 2.24 bits per heavy atom. The first kappa shape index (κ1) is 11.9. The minimum Gasteiger partial charge on any atom is -0.476 e. The Hall–Kier alpha value is -1.59. The smallest absolute Gasteiger partial charge is 0.357 e. The van der Waals surface area contributed by atoms with Crippen LogP contribution in [0.3, 0.4) is 0 Å². The molecule has 6 heteroatoms. The lowest BCUT2D eigenvalue weighted by atomic mass is 10.1. The van der Waals surface area contributed by atoms with Crippen molar-refractivity contribution in [2.24, 2.45) is 0 Å². The van der Waals surface area contributed by atoms with Gasteiger partial charge in [-0.2, -0.15) is 0 Å². The van der Waals surface area contributed by atoms with E-state index >= 15 is 0 Å². The number of hydrogen-bond acceptors (Lipinski definition) is 4. The molecule has 88 valence electrons. The maximum Gasteiger partial charge on any atom is 0.357 e. The predicted octanol–water partition coefficient (Wildman–Crippen LogP) is 3.05. The quantitative estimate of drug-likeness (QED) is 0.878. The number of carbonyl (C=O) groups is 1. The van der Waals surface area contributed by atoms with Crippen molar-refractivity contribution in [2.75, 3.05) is 5.73 Å². The highest BCUT2D eigenvalue weighted by atomic mass is 35.5. The van der Waals surface area contributed by atoms with Gasteiger partial charge in [0.05, 0.1) is 0 Å². The second-order valence-corrected chi connectivity index (χ2v) is 4.94. The van der Waals surface area contributed by atoms with E-state index < -0.39 is 5.97 Å². The third-order valence-electron chi connectivity index (χ3n) is 2.26. The molecule has 0 aliphatic rings. The number of aromatic carboxylic acids is 1. The summed E-state index contributed by atoms with van der Waals surface area (Å²) in [5, 5.41) is 10.3. The Bertz CT molecular complexity index is 595. The summed E-state index contributed by atoms with van der Waals surface area (Å²) in [5.41, 5.74) is 7.22. The fourth-order valence-electron chi connectivity index (χ4n) is 1.39. The molecule has 0 spiro atoms. The number of aromatic nitrogens is 1. The second-order valence-electron chi connectivity index (χ2n) is 3.50. The number of thiazole rings is 1. The van der Waals surface area contributed by atoms with Gasteiger partial charge in [0, 0.05) is 10.6 Å². The molecule has 0 bridgehead atoms. The second kappa shape index (κ2) is 4.35. The summed E-state index contributed by atoms with van der Waals surface area (Å²) in [7, 11) is 0. The molecular weight excluding hydrogens is 260 g/mol. The number of carboxylic acid groups (broad SMARTS) is 1. The van der Waals surface area contributed by atoms with Crippen LogP contribution in [-0.2, 0) is 0 Å². The maximum atomic E-state index is 10.8. The zero-order valence-corrected chi connectivity index (χ0v) is 10.5. The van der Waals surface area contributed by atoms with Crippen LogP contribution in [0.2, 0.25) is 5.02 Å². The van der Waals surface area contributed by atoms with E-state index in [1.807, 2.05) is 13.0 Å². The van der Waals surface area contributed by atoms with E-state index in [1.165, 1.54) is 0 Å². The average molecular weight is 269 g/mol. The van der Waals surface area contributed by atoms with Crippen LogP contribution < -0.4 is 5.73 Å². The SMILES string of the molecule is Cc1cc(-c2nc(C(=O)O)c(N)s2)ccc1Cl. The minimum atomic E-state index is -1.12. The zero-order chi connectivity index (χ0) is 12.6. The number of nitrogens with zero attached hydrogens (tertiary/aromatic N) is 1. The molecule has 2 rings (SSSR count). The zero-order valence-electron chi connectivity index (χ0n) is 8.90. The van der Waals surface area contributed by atoms with Crippen molar-refractivity contribution in [2.45, 2.75) is 6.92 Å². The van der Waals surface area contributed by atoms with E-state index in [-0.39, 0.29) is 10.7 Å². The van der Waals surface area contributed by atoms with Gasteiger partial charge in [-0.05, 0) is 24.6 Å². The van der Waals surface area contributed by atoms with Gasteiger partial charge in [-0.3, -0.25) is 0 Å². The number of aryl methyl sites for hydroxylation is 1. The van der Waals surface area contributed by atoms with Gasteiger partial charge in [-0.1, -0.05) is 29.0 Å². The van der Waals surface area contributed by atoms with Crippen molar-refractivity contribution in [3.63, 3.8) is 0 Å². The molecule has 1 aromatic heterocycles. The van der Waals surface area contributed by atoms with Gasteiger partial charge in [0.2, 0.25) is 0 Å². The van der Waals surface area contributed by atoms with E-state index in [0.717, 1.165) is 22.5 Å². The van der Waals surface area contributed by atoms with Gasteiger partial charge < -0.3 is 10.8 Å². The number of rotatable bonds is 2. The lowest BCUT2D eigenvalue weighted by Crippen LogP contribution is -2.00. The first-order chi connectivity index (χ1) is 7.99. The number of hydrogen-bond donors (Lipinski definition) is 2. The Labute approximate surface area is 107 Å². The number of nitrogen functional groups attached to an aromatic ring is 1. The van der Waals surface area contributed by atoms with Crippen molar-refractivity contribution in [3.05, 3.63) is 34.5 Å². The number of halogens is 1. The van der Waals surface area contributed by atoms with Crippen LogP contribution in [0.25, 0.3) is 10.6 Å². The lowest BCUT2D eigenvalue weighted by Gasteiger charge is -2.00. The molecule has 0 aliphatic heterocycles. The first-order valence-corrected chi connectivity index (χ1v) is 5.94. The highest BCUT2D eigenvalue weighted by molar-refractivity contribution is 7.19. The van der Waals surface area contributed by atoms with Gasteiger partial charge >= 0.3 is 5.97 Å². The molecule has 3 N–H and O–H groups in total. The maximum absolute atomic E-state index is 10.8. The van der Waals surface area contributed by atoms with Gasteiger partial charge in [-0.15, -0.1) is 0 Å². The molecule has 2 aromatic rings. The summed E-state index contributed by atoms with van der Waals surface area (Å²) in [6.07, 6.45) is 0. The highest BCUT2D eigenvalue weighted by Gasteiger charge is 2.16. The van der Waals surface area contributed by atoms with Crippen molar-refractivity contribution < 1.29 is 9.90 Å². The number of anilines is 1. The number of nitrogens with two attached hydrogens (primary N) is 1. The van der Waals surface area contributed by atoms with E-state index in [1.54, 1.807) is 12.1 Å². The van der Waals surface area contributed by atoms with Crippen LogP contribution in [0.5, 0.6) is 0 Å². The largest absolute Gasteiger partial charge is 0.476 e. The molecule has 17 heavy (non-hydrogen) atoms. The van der Waals surface area contributed by atoms with Gasteiger partial charge in [0.1, 0.15) is 10.0 Å². The Balaban J connectivity index is 2.50. The van der Waals surface area contributed by atoms with Crippen molar-refractivity contribution in [1.29, 1.82) is 0 Å². The molecule has 0 aliphatic carbocycles. The van der Waals surface area contributed by atoms with E-state index in [4.69, 9.17) is 22.4 Å². The summed E-state index contributed by atoms with van der Waals surface area (Å²) < 4.78 is 0. The Morgan fingerprint density at radius 3 is 2.76 bits per heavy atom. The fourth-order valence-corrected chi connectivity index (χ4v) is 2.32. The molecule has 0 radical (unpaired) electrons. The van der Waals surface area contributed by atoms with Crippen LogP contribution >= 0.6 is 22.9 Å². The molecule has 1 heterocycles. The Morgan fingerprint density at radius 1 is 1.53 bits per heavy atom. The van der Waals surface area contributed by atoms with E-state index in [2.05, 4.69) is 4.98 Å². The van der Waals surface area contributed by atoms with Crippen LogP contribution in [0.15, 0.2) is 18.2 Å². The van der Waals surface area contributed by atoms with Crippen LogP contribution in [-0.4, -0.2) is 16.1 Å². The molecule has 0 saturated heterocycles. The first-order valence-electron chi connectivity index (χ1n) is 4.75. The number of carboxylic acids is 1. The summed E-state index contributed by atoms with van der Waals surface area (Å²) in [6, 6.07) is 5.40. The fraction of sp³-hybridized carbons (Fsp3) is 0.0909. The van der Waals surface area contributed by atoms with Crippen LogP contribution in [0.4, 0.5) is 5.00 Å². The molecule has 1 aromatic carbocycles. The molecule has 0 amide bonds. The van der Waals surface area contributed by atoms with E-state index in [0.29, 0.717) is 10.0 Å². The topological polar surface area (TPSA) is 76.2 Å². The lowest BCUT2D eigenvalue weighted by molar-refractivity contribution is 0.0692. The standard InChI is InChI=1S/C11H9ClN2O2S/c1-5-4-6(2-3-7(5)12)10-14-8(11(15)16)9(13)17-10/h2-4H,13H2,1H3,(H,15,16). The molecule has 0 saturated carbocycles. The minimum absolute atomic E-state index is 0.0994. The summed E-state index contributed by atoms with van der Waals surface area (Å²) in [6.45, 7) is 1.88. The third kappa shape index (κ3) is 2.25. The van der Waals surface area contributed by atoms with Crippen molar-refractivity contribution in [1.82, 2.24) is 4.98 Å². The molecule has 0 atom stereocenters. The predicted molar refractivity (Wildman–Crippen MR) is 68.7 cm³/mol. The molecule has 4 nitrogen and oxygen atoms in total. The van der Waals surface area contributed by atoms with Gasteiger partial charge in [-0.25, -0.2) is 9.78 Å². The molecular formula is C11H9ClN2O2S. The summed E-state index contributed by atoms with van der Waals surface area (Å²) >= 11 is 7.07. The molecule has 0 unspecified atom stereocenters. The Kier molecular flexibility index (Phi) is 3.04. The highest BCUT2D eigenvalue weighted by Crippen LogP contribution is 2.31. The average Bonchev–Trinajstić information content (AvgIpc) is 2.64. The summed E-state index contributed by atoms with van der Waals surface area (Å²) in [5.74, 6) is -1.12. The van der Waals surface area contributed by atoms with Gasteiger partial charge in [0.25, 0.3) is 0 Å². The normalized spacial score (nSPS) is 10.5.